The third-order valence-corrected chi connectivity index (χ3v) is 3.46. The second-order valence-corrected chi connectivity index (χ2v) is 5.41. The van der Waals surface area contributed by atoms with Crippen LogP contribution >= 0.6 is 24.8 Å². The molecule has 124 valence electrons. The van der Waals surface area contributed by atoms with Crippen LogP contribution in [-0.4, -0.2) is 15.8 Å². The van der Waals surface area contributed by atoms with Crippen molar-refractivity contribution in [2.45, 2.75) is 46.4 Å². The lowest BCUT2D eigenvalue weighted by atomic mass is 10.1. The molecule has 1 atom stereocenters. The third kappa shape index (κ3) is 5.97. The molecule has 6 heteroatoms. The van der Waals surface area contributed by atoms with Gasteiger partial charge in [-0.15, -0.1) is 24.8 Å². The van der Waals surface area contributed by atoms with Gasteiger partial charge >= 0.3 is 0 Å². The van der Waals surface area contributed by atoms with Crippen molar-refractivity contribution in [1.29, 1.82) is 0 Å². The minimum Gasteiger partial charge on any atom is -0.326 e. The molecular formula is C16H26Cl2N4. The van der Waals surface area contributed by atoms with Crippen molar-refractivity contribution in [2.75, 3.05) is 0 Å². The van der Waals surface area contributed by atoms with Crippen molar-refractivity contribution in [3.8, 4) is 0 Å². The summed E-state index contributed by atoms with van der Waals surface area (Å²) >= 11 is 0. The highest BCUT2D eigenvalue weighted by molar-refractivity contribution is 5.85. The van der Waals surface area contributed by atoms with Crippen molar-refractivity contribution in [1.82, 2.24) is 15.1 Å². The van der Waals surface area contributed by atoms with Gasteiger partial charge < -0.3 is 11.1 Å². The molecule has 1 aromatic heterocycles. The summed E-state index contributed by atoms with van der Waals surface area (Å²) in [7, 11) is 0. The average Bonchev–Trinajstić information content (AvgIpc) is 2.75. The summed E-state index contributed by atoms with van der Waals surface area (Å²) in [4.78, 5) is 0. The Balaban J connectivity index is 0.00000220. The number of hydrogen-bond acceptors (Lipinski definition) is 3. The molecule has 0 aliphatic heterocycles. The second-order valence-electron chi connectivity index (χ2n) is 5.41. The van der Waals surface area contributed by atoms with Gasteiger partial charge in [0.15, 0.2) is 0 Å². The van der Waals surface area contributed by atoms with Crippen LogP contribution in [0.5, 0.6) is 0 Å². The van der Waals surface area contributed by atoms with Crippen LogP contribution in [0.25, 0.3) is 0 Å². The summed E-state index contributed by atoms with van der Waals surface area (Å²) in [6, 6.07) is 10.9. The van der Waals surface area contributed by atoms with Crippen LogP contribution < -0.4 is 11.1 Å². The number of hydrogen-bond donors (Lipinski definition) is 2. The van der Waals surface area contributed by atoms with E-state index in [9.17, 15) is 0 Å². The fourth-order valence-electron chi connectivity index (χ4n) is 2.27. The summed E-state index contributed by atoms with van der Waals surface area (Å²) in [5, 5.41) is 8.02. The Bertz CT molecular complexity index is 552. The zero-order chi connectivity index (χ0) is 14.5. The van der Waals surface area contributed by atoms with Crippen molar-refractivity contribution < 1.29 is 0 Å². The summed E-state index contributed by atoms with van der Waals surface area (Å²) in [5.41, 5.74) is 10.3. The SMILES string of the molecule is Cc1cc(C)n(CC(C)NCc2ccc(CN)cc2)n1.Cl.Cl. The molecule has 2 aromatic rings. The largest absolute Gasteiger partial charge is 0.326 e. The molecule has 0 amide bonds. The minimum atomic E-state index is 0. The summed E-state index contributed by atoms with van der Waals surface area (Å²) in [6.07, 6.45) is 0. The van der Waals surface area contributed by atoms with Gasteiger partial charge in [0.05, 0.1) is 12.2 Å². The van der Waals surface area contributed by atoms with Crippen LogP contribution in [0.4, 0.5) is 0 Å². The first-order valence-corrected chi connectivity index (χ1v) is 7.11. The zero-order valence-corrected chi connectivity index (χ0v) is 15.0. The number of nitrogens with one attached hydrogen (secondary N) is 1. The van der Waals surface area contributed by atoms with Gasteiger partial charge in [-0.25, -0.2) is 0 Å². The van der Waals surface area contributed by atoms with E-state index < -0.39 is 0 Å². The topological polar surface area (TPSA) is 55.9 Å². The van der Waals surface area contributed by atoms with E-state index in [4.69, 9.17) is 5.73 Å². The summed E-state index contributed by atoms with van der Waals surface area (Å²) in [6.45, 7) is 8.66. The number of aromatic nitrogens is 2. The van der Waals surface area contributed by atoms with Crippen LogP contribution in [0.3, 0.4) is 0 Å². The van der Waals surface area contributed by atoms with Gasteiger partial charge in [-0.05, 0) is 38.0 Å². The number of aryl methyl sites for hydroxylation is 2. The van der Waals surface area contributed by atoms with E-state index in [0.717, 1.165) is 18.8 Å². The molecule has 0 spiro atoms. The summed E-state index contributed by atoms with van der Waals surface area (Å²) < 4.78 is 2.06. The molecular weight excluding hydrogens is 319 g/mol. The summed E-state index contributed by atoms with van der Waals surface area (Å²) in [5.74, 6) is 0. The third-order valence-electron chi connectivity index (χ3n) is 3.46. The fourth-order valence-corrected chi connectivity index (χ4v) is 2.27. The molecule has 0 bridgehead atoms. The molecule has 0 aliphatic rings. The highest BCUT2D eigenvalue weighted by Crippen LogP contribution is 2.05. The molecule has 0 saturated carbocycles. The maximum Gasteiger partial charge on any atom is 0.0596 e. The Kier molecular flexibility index (Phi) is 9.37. The van der Waals surface area contributed by atoms with E-state index in [0.29, 0.717) is 12.6 Å². The van der Waals surface area contributed by atoms with E-state index in [2.05, 4.69) is 59.3 Å². The van der Waals surface area contributed by atoms with Crippen molar-refractivity contribution in [3.05, 3.63) is 52.8 Å². The second kappa shape index (κ2) is 9.85. The molecule has 0 radical (unpaired) electrons. The van der Waals surface area contributed by atoms with Gasteiger partial charge in [-0.1, -0.05) is 24.3 Å². The first kappa shape index (κ1) is 20.9. The van der Waals surface area contributed by atoms with Gasteiger partial charge in [-0.2, -0.15) is 5.10 Å². The van der Waals surface area contributed by atoms with E-state index in [1.807, 2.05) is 6.92 Å². The van der Waals surface area contributed by atoms with Crippen LogP contribution in [0.1, 0.15) is 29.4 Å². The van der Waals surface area contributed by atoms with Crippen molar-refractivity contribution in [2.24, 2.45) is 5.73 Å². The Morgan fingerprint density at radius 2 is 1.73 bits per heavy atom. The molecule has 1 unspecified atom stereocenters. The van der Waals surface area contributed by atoms with E-state index in [1.54, 1.807) is 0 Å². The lowest BCUT2D eigenvalue weighted by Gasteiger charge is -2.15. The van der Waals surface area contributed by atoms with Gasteiger partial charge in [0.1, 0.15) is 0 Å². The zero-order valence-electron chi connectivity index (χ0n) is 13.4. The highest BCUT2D eigenvalue weighted by atomic mass is 35.5. The molecule has 0 fully saturated rings. The van der Waals surface area contributed by atoms with Gasteiger partial charge in [0.25, 0.3) is 0 Å². The molecule has 22 heavy (non-hydrogen) atoms. The number of benzene rings is 1. The van der Waals surface area contributed by atoms with E-state index in [1.165, 1.54) is 16.8 Å². The molecule has 1 heterocycles. The monoisotopic (exact) mass is 344 g/mol. The van der Waals surface area contributed by atoms with Crippen molar-refractivity contribution in [3.63, 3.8) is 0 Å². The number of nitrogens with two attached hydrogens (primary N) is 1. The Labute approximate surface area is 145 Å². The predicted octanol–water partition coefficient (Wildman–Crippen LogP) is 2.98. The highest BCUT2D eigenvalue weighted by Gasteiger charge is 2.06. The molecule has 4 nitrogen and oxygen atoms in total. The normalized spacial score (nSPS) is 11.5. The average molecular weight is 345 g/mol. The number of nitrogens with zero attached hydrogens (tertiary/aromatic N) is 2. The smallest absolute Gasteiger partial charge is 0.0596 e. The predicted molar refractivity (Wildman–Crippen MR) is 96.8 cm³/mol. The fraction of sp³-hybridized carbons (Fsp3) is 0.438. The van der Waals surface area contributed by atoms with Crippen LogP contribution in [0.15, 0.2) is 30.3 Å². The number of rotatable bonds is 6. The van der Waals surface area contributed by atoms with Crippen LogP contribution in [0, 0.1) is 13.8 Å². The number of halogens is 2. The molecule has 2 rings (SSSR count). The first-order valence-electron chi connectivity index (χ1n) is 7.11. The Hall–Kier alpha value is -1.07. The minimum absolute atomic E-state index is 0. The standard InChI is InChI=1S/C16H24N4.2ClH/c1-12-8-14(3)20(19-12)11-13(2)18-10-16-6-4-15(9-17)5-7-16;;/h4-8,13,18H,9-11,17H2,1-3H3;2*1H. The van der Waals surface area contributed by atoms with Crippen molar-refractivity contribution >= 4 is 24.8 Å². The lowest BCUT2D eigenvalue weighted by molar-refractivity contribution is 0.444. The Morgan fingerprint density at radius 1 is 1.14 bits per heavy atom. The lowest BCUT2D eigenvalue weighted by Crippen LogP contribution is -2.30. The molecule has 3 N–H and O–H groups in total. The maximum atomic E-state index is 5.60. The van der Waals surface area contributed by atoms with Gasteiger partial charge in [-0.3, -0.25) is 4.68 Å². The van der Waals surface area contributed by atoms with Crippen LogP contribution in [-0.2, 0) is 19.6 Å². The van der Waals surface area contributed by atoms with Gasteiger partial charge in [0.2, 0.25) is 0 Å². The first-order chi connectivity index (χ1) is 9.58. The molecule has 0 aliphatic carbocycles. The maximum absolute atomic E-state index is 5.60. The quantitative estimate of drug-likeness (QED) is 0.846. The Morgan fingerprint density at radius 3 is 2.23 bits per heavy atom. The molecule has 0 saturated heterocycles. The van der Waals surface area contributed by atoms with E-state index >= 15 is 0 Å². The van der Waals surface area contributed by atoms with E-state index in [-0.39, 0.29) is 24.8 Å². The van der Waals surface area contributed by atoms with Crippen LogP contribution in [0.2, 0.25) is 0 Å². The van der Waals surface area contributed by atoms with Gasteiger partial charge in [0, 0.05) is 24.8 Å². The molecule has 1 aromatic carbocycles.